The smallest absolute Gasteiger partial charge is 0.0334 e. The molecule has 21 heavy (non-hydrogen) atoms. The van der Waals surface area contributed by atoms with Gasteiger partial charge in [-0.1, -0.05) is 27.7 Å². The second-order valence-corrected chi connectivity index (χ2v) is 8.12. The summed E-state index contributed by atoms with van der Waals surface area (Å²) in [5, 5.41) is 3.92. The molecule has 4 unspecified atom stereocenters. The Bertz CT molecular complexity index is 301. The molecule has 2 aliphatic rings. The van der Waals surface area contributed by atoms with Gasteiger partial charge in [-0.05, 0) is 82.8 Å². The number of hydrogen-bond acceptors (Lipinski definition) is 2. The van der Waals surface area contributed by atoms with Gasteiger partial charge in [-0.15, -0.1) is 0 Å². The fourth-order valence-corrected chi connectivity index (χ4v) is 5.26. The van der Waals surface area contributed by atoms with Crippen LogP contribution in [0.15, 0.2) is 0 Å². The third-order valence-corrected chi connectivity index (χ3v) is 6.32. The van der Waals surface area contributed by atoms with E-state index in [1.165, 1.54) is 51.6 Å². The van der Waals surface area contributed by atoms with E-state index >= 15 is 0 Å². The minimum Gasteiger partial charge on any atom is -0.312 e. The Morgan fingerprint density at radius 1 is 1.05 bits per heavy atom. The van der Waals surface area contributed by atoms with E-state index < -0.39 is 0 Å². The molecular weight excluding hydrogens is 256 g/mol. The first kappa shape index (κ1) is 17.3. The van der Waals surface area contributed by atoms with Crippen molar-refractivity contribution >= 4 is 0 Å². The molecule has 0 bridgehead atoms. The molecule has 2 heteroatoms. The average Bonchev–Trinajstić information content (AvgIpc) is 2.97. The van der Waals surface area contributed by atoms with Crippen LogP contribution >= 0.6 is 0 Å². The summed E-state index contributed by atoms with van der Waals surface area (Å²) in [5.41, 5.74) is 0.341. The highest BCUT2D eigenvalue weighted by molar-refractivity contribution is 5.02. The monoisotopic (exact) mass is 294 g/mol. The Morgan fingerprint density at radius 2 is 1.62 bits per heavy atom. The molecule has 0 aromatic carbocycles. The molecule has 1 N–H and O–H groups in total. The standard InChI is InChI=1S/C19H38N2/c1-6-19(5,21-10-8-9-11-21)18(20-7-2)17-13-15(3)12-16(4)14-17/h15-18,20H,6-14H2,1-5H3. The number of nitrogens with zero attached hydrogens (tertiary/aromatic N) is 1. The highest BCUT2D eigenvalue weighted by Crippen LogP contribution is 2.40. The number of likely N-dealkylation sites (tertiary alicyclic amines) is 1. The molecule has 1 aliphatic heterocycles. The minimum absolute atomic E-state index is 0.341. The van der Waals surface area contributed by atoms with Crippen LogP contribution in [0.25, 0.3) is 0 Å². The third kappa shape index (κ3) is 3.82. The summed E-state index contributed by atoms with van der Waals surface area (Å²) in [6.45, 7) is 15.9. The Balaban J connectivity index is 2.18. The molecule has 0 aromatic rings. The van der Waals surface area contributed by atoms with Gasteiger partial charge in [0.15, 0.2) is 0 Å². The lowest BCUT2D eigenvalue weighted by Crippen LogP contribution is -2.62. The summed E-state index contributed by atoms with van der Waals surface area (Å²) in [4.78, 5) is 2.80. The lowest BCUT2D eigenvalue weighted by molar-refractivity contribution is 0.0339. The number of nitrogens with one attached hydrogen (secondary N) is 1. The molecule has 0 amide bonds. The summed E-state index contributed by atoms with van der Waals surface area (Å²) < 4.78 is 0. The maximum atomic E-state index is 3.92. The minimum atomic E-state index is 0.341. The Kier molecular flexibility index (Phi) is 6.14. The lowest BCUT2D eigenvalue weighted by Gasteiger charge is -2.50. The van der Waals surface area contributed by atoms with Crippen molar-refractivity contribution in [1.82, 2.24) is 10.2 Å². The van der Waals surface area contributed by atoms with Crippen LogP contribution < -0.4 is 5.32 Å². The van der Waals surface area contributed by atoms with Crippen molar-refractivity contribution in [3.63, 3.8) is 0 Å². The fraction of sp³-hybridized carbons (Fsp3) is 1.00. The van der Waals surface area contributed by atoms with Gasteiger partial charge in [0, 0.05) is 11.6 Å². The van der Waals surface area contributed by atoms with E-state index in [4.69, 9.17) is 0 Å². The van der Waals surface area contributed by atoms with Crippen LogP contribution in [0.2, 0.25) is 0 Å². The van der Waals surface area contributed by atoms with Crippen molar-refractivity contribution in [1.29, 1.82) is 0 Å². The topological polar surface area (TPSA) is 15.3 Å². The van der Waals surface area contributed by atoms with E-state index in [1.54, 1.807) is 0 Å². The van der Waals surface area contributed by atoms with Gasteiger partial charge in [0.1, 0.15) is 0 Å². The van der Waals surface area contributed by atoms with Gasteiger partial charge < -0.3 is 5.32 Å². The lowest BCUT2D eigenvalue weighted by atomic mass is 9.68. The van der Waals surface area contributed by atoms with Gasteiger partial charge in [-0.2, -0.15) is 0 Å². The first-order valence-corrected chi connectivity index (χ1v) is 9.49. The van der Waals surface area contributed by atoms with Crippen LogP contribution in [0.4, 0.5) is 0 Å². The summed E-state index contributed by atoms with van der Waals surface area (Å²) in [7, 11) is 0. The van der Waals surface area contributed by atoms with Crippen molar-refractivity contribution in [2.75, 3.05) is 19.6 Å². The molecular formula is C19H38N2. The predicted octanol–water partition coefficient (Wildman–Crippen LogP) is 4.30. The second-order valence-electron chi connectivity index (χ2n) is 8.12. The van der Waals surface area contributed by atoms with E-state index in [2.05, 4.69) is 44.8 Å². The number of rotatable bonds is 6. The molecule has 124 valence electrons. The van der Waals surface area contributed by atoms with Crippen molar-refractivity contribution < 1.29 is 0 Å². The summed E-state index contributed by atoms with van der Waals surface area (Å²) in [5.74, 6) is 2.66. The van der Waals surface area contributed by atoms with Gasteiger partial charge >= 0.3 is 0 Å². The van der Waals surface area contributed by atoms with Gasteiger partial charge in [-0.25, -0.2) is 0 Å². The molecule has 1 aliphatic carbocycles. The number of hydrogen-bond donors (Lipinski definition) is 1. The van der Waals surface area contributed by atoms with Crippen LogP contribution in [-0.4, -0.2) is 36.1 Å². The normalized spacial score (nSPS) is 35.6. The van der Waals surface area contributed by atoms with Gasteiger partial charge in [0.25, 0.3) is 0 Å². The number of likely N-dealkylation sites (N-methyl/N-ethyl adjacent to an activating group) is 1. The molecule has 0 radical (unpaired) electrons. The first-order valence-electron chi connectivity index (χ1n) is 9.49. The third-order valence-electron chi connectivity index (χ3n) is 6.32. The zero-order chi connectivity index (χ0) is 15.5. The Hall–Kier alpha value is -0.0800. The molecule has 2 rings (SSSR count). The van der Waals surface area contributed by atoms with E-state index in [9.17, 15) is 0 Å². The SMILES string of the molecule is CCNC(C1CC(C)CC(C)C1)C(C)(CC)N1CCCC1. The van der Waals surface area contributed by atoms with E-state index in [-0.39, 0.29) is 0 Å². The van der Waals surface area contributed by atoms with E-state index in [0.717, 1.165) is 24.3 Å². The van der Waals surface area contributed by atoms with Gasteiger partial charge in [0.05, 0.1) is 0 Å². The summed E-state index contributed by atoms with van der Waals surface area (Å²) >= 11 is 0. The van der Waals surface area contributed by atoms with Crippen molar-refractivity contribution in [3.05, 3.63) is 0 Å². The maximum absolute atomic E-state index is 3.92. The van der Waals surface area contributed by atoms with Crippen molar-refractivity contribution in [2.45, 2.75) is 84.7 Å². The molecule has 2 fully saturated rings. The van der Waals surface area contributed by atoms with Crippen LogP contribution in [-0.2, 0) is 0 Å². The quantitative estimate of drug-likeness (QED) is 0.785. The van der Waals surface area contributed by atoms with Crippen LogP contribution in [0, 0.1) is 17.8 Å². The van der Waals surface area contributed by atoms with Gasteiger partial charge in [-0.3, -0.25) is 4.90 Å². The van der Waals surface area contributed by atoms with Crippen LogP contribution in [0.1, 0.15) is 73.1 Å². The zero-order valence-electron chi connectivity index (χ0n) is 15.1. The zero-order valence-corrected chi connectivity index (χ0v) is 15.1. The second kappa shape index (κ2) is 7.46. The van der Waals surface area contributed by atoms with Crippen molar-refractivity contribution in [3.8, 4) is 0 Å². The van der Waals surface area contributed by atoms with Crippen molar-refractivity contribution in [2.24, 2.45) is 17.8 Å². The first-order chi connectivity index (χ1) is 10.0. The fourth-order valence-electron chi connectivity index (χ4n) is 5.26. The largest absolute Gasteiger partial charge is 0.312 e. The van der Waals surface area contributed by atoms with Gasteiger partial charge in [0.2, 0.25) is 0 Å². The average molecular weight is 295 g/mol. The molecule has 1 heterocycles. The summed E-state index contributed by atoms with van der Waals surface area (Å²) in [6.07, 6.45) is 8.33. The molecule has 0 aromatic heterocycles. The Labute approximate surface area is 133 Å². The molecule has 4 atom stereocenters. The highest BCUT2D eigenvalue weighted by Gasteiger charge is 2.44. The highest BCUT2D eigenvalue weighted by atomic mass is 15.2. The van der Waals surface area contributed by atoms with Crippen LogP contribution in [0.5, 0.6) is 0 Å². The molecule has 2 nitrogen and oxygen atoms in total. The van der Waals surface area contributed by atoms with Crippen LogP contribution in [0.3, 0.4) is 0 Å². The Morgan fingerprint density at radius 3 is 2.10 bits per heavy atom. The maximum Gasteiger partial charge on any atom is 0.0334 e. The molecule has 0 spiro atoms. The van der Waals surface area contributed by atoms with E-state index in [1.807, 2.05) is 0 Å². The molecule has 1 saturated heterocycles. The summed E-state index contributed by atoms with van der Waals surface area (Å²) in [6, 6.07) is 0.663. The predicted molar refractivity (Wildman–Crippen MR) is 92.6 cm³/mol. The van der Waals surface area contributed by atoms with E-state index in [0.29, 0.717) is 11.6 Å². The molecule has 1 saturated carbocycles.